The molecule has 128 valence electrons. The molecule has 1 aromatic carbocycles. The van der Waals surface area contributed by atoms with Crippen molar-refractivity contribution in [3.05, 3.63) is 47.9 Å². The zero-order valence-electron chi connectivity index (χ0n) is 13.6. The number of fused-ring (bicyclic) bond motifs is 2. The molecule has 0 radical (unpaired) electrons. The normalized spacial score (nSPS) is 12.5. The molecule has 0 aliphatic carbocycles. The largest absolute Gasteiger partial charge is 0.467 e. The van der Waals surface area contributed by atoms with Gasteiger partial charge < -0.3 is 19.2 Å². The molecule has 0 bridgehead atoms. The van der Waals surface area contributed by atoms with Gasteiger partial charge in [-0.25, -0.2) is 4.98 Å². The number of pyridine rings is 1. The summed E-state index contributed by atoms with van der Waals surface area (Å²) in [6.07, 6.45) is 1.59. The fourth-order valence-electron chi connectivity index (χ4n) is 2.58. The topological polar surface area (TPSA) is 73.6 Å². The first-order chi connectivity index (χ1) is 12.2. The summed E-state index contributed by atoms with van der Waals surface area (Å²) in [7, 11) is 0. The molecule has 25 heavy (non-hydrogen) atoms. The maximum Gasteiger partial charge on any atom is 0.231 e. The number of hydrogen-bond acceptors (Lipinski definition) is 6. The van der Waals surface area contributed by atoms with Gasteiger partial charge in [-0.3, -0.25) is 4.79 Å². The van der Waals surface area contributed by atoms with Crippen molar-refractivity contribution in [2.24, 2.45) is 0 Å². The number of nitrogens with one attached hydrogen (secondary N) is 1. The third-order valence-electron chi connectivity index (χ3n) is 3.83. The van der Waals surface area contributed by atoms with Gasteiger partial charge in [0.1, 0.15) is 10.8 Å². The lowest BCUT2D eigenvalue weighted by molar-refractivity contribution is -0.118. The van der Waals surface area contributed by atoms with Gasteiger partial charge in [0, 0.05) is 11.5 Å². The molecule has 3 aromatic rings. The molecule has 0 spiro atoms. The summed E-state index contributed by atoms with van der Waals surface area (Å²) in [5.41, 5.74) is 1.85. The Morgan fingerprint density at radius 2 is 2.12 bits per heavy atom. The van der Waals surface area contributed by atoms with E-state index in [0.29, 0.717) is 18.0 Å². The summed E-state index contributed by atoms with van der Waals surface area (Å²) in [5, 5.41) is 4.65. The van der Waals surface area contributed by atoms with Gasteiger partial charge in [0.2, 0.25) is 12.7 Å². The number of benzene rings is 1. The Bertz CT molecular complexity index is 924. The average Bonchev–Trinajstić information content (AvgIpc) is 3.27. The van der Waals surface area contributed by atoms with Crippen LogP contribution in [0.5, 0.6) is 11.5 Å². The molecular weight excluding hydrogens is 340 g/mol. The summed E-state index contributed by atoms with van der Waals surface area (Å²) in [5.74, 6) is 2.41. The van der Waals surface area contributed by atoms with E-state index in [0.717, 1.165) is 33.0 Å². The number of rotatable bonds is 5. The fourth-order valence-corrected chi connectivity index (χ4v) is 3.40. The lowest BCUT2D eigenvalue weighted by atomic mass is 10.1. The van der Waals surface area contributed by atoms with Crippen molar-refractivity contribution in [3.63, 3.8) is 0 Å². The van der Waals surface area contributed by atoms with E-state index in [2.05, 4.69) is 10.3 Å². The van der Waals surface area contributed by atoms with Crippen molar-refractivity contribution in [2.45, 2.75) is 18.5 Å². The summed E-state index contributed by atoms with van der Waals surface area (Å²) in [6, 6.07) is 9.48. The van der Waals surface area contributed by atoms with E-state index in [1.165, 1.54) is 11.8 Å². The van der Waals surface area contributed by atoms with Crippen molar-refractivity contribution in [1.82, 2.24) is 10.3 Å². The molecule has 0 fully saturated rings. The van der Waals surface area contributed by atoms with Crippen LogP contribution in [0.25, 0.3) is 10.9 Å². The Balaban J connectivity index is 1.44. The second-order valence-electron chi connectivity index (χ2n) is 5.65. The molecule has 0 saturated heterocycles. The lowest BCUT2D eigenvalue weighted by Crippen LogP contribution is -2.24. The molecule has 0 unspecified atom stereocenters. The number of ether oxygens (including phenoxy) is 2. The molecule has 6 nitrogen and oxygen atoms in total. The molecule has 1 N–H and O–H groups in total. The van der Waals surface area contributed by atoms with Gasteiger partial charge in [-0.05, 0) is 36.8 Å². The highest BCUT2D eigenvalue weighted by atomic mass is 32.2. The van der Waals surface area contributed by atoms with Crippen LogP contribution >= 0.6 is 11.8 Å². The van der Waals surface area contributed by atoms with E-state index in [1.807, 2.05) is 31.2 Å². The molecule has 2 aromatic heterocycles. The highest BCUT2D eigenvalue weighted by Crippen LogP contribution is 2.36. The van der Waals surface area contributed by atoms with Gasteiger partial charge in [0.05, 0.1) is 24.1 Å². The van der Waals surface area contributed by atoms with Crippen LogP contribution in [0.3, 0.4) is 0 Å². The zero-order chi connectivity index (χ0) is 17.2. The number of hydrogen-bond donors (Lipinski definition) is 1. The monoisotopic (exact) mass is 356 g/mol. The lowest BCUT2D eigenvalue weighted by Gasteiger charge is -2.08. The van der Waals surface area contributed by atoms with Gasteiger partial charge in [0.25, 0.3) is 0 Å². The molecular formula is C18H16N2O4S. The predicted octanol–water partition coefficient (Wildman–Crippen LogP) is 3.27. The first-order valence-corrected chi connectivity index (χ1v) is 8.80. The summed E-state index contributed by atoms with van der Waals surface area (Å²) in [4.78, 5) is 16.7. The number of aryl methyl sites for hydroxylation is 1. The first kappa shape index (κ1) is 15.8. The molecule has 4 rings (SSSR count). The summed E-state index contributed by atoms with van der Waals surface area (Å²) in [6.45, 7) is 2.61. The molecule has 1 aliphatic heterocycles. The van der Waals surface area contributed by atoms with Crippen molar-refractivity contribution in [1.29, 1.82) is 0 Å². The van der Waals surface area contributed by atoms with Crippen molar-refractivity contribution in [3.8, 4) is 11.5 Å². The minimum Gasteiger partial charge on any atom is -0.467 e. The molecule has 3 heterocycles. The zero-order valence-corrected chi connectivity index (χ0v) is 14.4. The second-order valence-corrected chi connectivity index (χ2v) is 6.62. The Labute approximate surface area is 148 Å². The standard InChI is InChI=1S/C18H16N2O4S/c1-11-5-12-6-15-16(24-10-23-15)7-14(12)20-18(11)25-9-17(21)19-8-13-3-2-4-22-13/h2-7H,8-10H2,1H3,(H,19,21). The average molecular weight is 356 g/mol. The van der Waals surface area contributed by atoms with Gasteiger partial charge in [-0.1, -0.05) is 11.8 Å². The summed E-state index contributed by atoms with van der Waals surface area (Å²) < 4.78 is 16.0. The van der Waals surface area contributed by atoms with Crippen LogP contribution in [-0.4, -0.2) is 23.4 Å². The number of nitrogens with zero attached hydrogens (tertiary/aromatic N) is 1. The van der Waals surface area contributed by atoms with E-state index in [1.54, 1.807) is 12.3 Å². The smallest absolute Gasteiger partial charge is 0.231 e. The van der Waals surface area contributed by atoms with Crippen LogP contribution in [-0.2, 0) is 11.3 Å². The second kappa shape index (κ2) is 6.68. The fraction of sp³-hybridized carbons (Fsp3) is 0.222. The highest BCUT2D eigenvalue weighted by molar-refractivity contribution is 7.99. The van der Waals surface area contributed by atoms with Crippen LogP contribution in [0.15, 0.2) is 46.0 Å². The van der Waals surface area contributed by atoms with E-state index < -0.39 is 0 Å². The Morgan fingerprint density at radius 1 is 1.28 bits per heavy atom. The van der Waals surface area contributed by atoms with Crippen LogP contribution in [0.1, 0.15) is 11.3 Å². The number of amides is 1. The molecule has 1 amide bonds. The Hall–Kier alpha value is -2.67. The number of aromatic nitrogens is 1. The Kier molecular flexibility index (Phi) is 4.23. The highest BCUT2D eigenvalue weighted by Gasteiger charge is 2.16. The first-order valence-electron chi connectivity index (χ1n) is 7.82. The van der Waals surface area contributed by atoms with Gasteiger partial charge in [0.15, 0.2) is 11.5 Å². The molecule has 1 aliphatic rings. The minimum atomic E-state index is -0.0617. The number of carbonyl (C=O) groups is 1. The molecule has 0 saturated carbocycles. The van der Waals surface area contributed by atoms with Crippen LogP contribution < -0.4 is 14.8 Å². The third kappa shape index (κ3) is 3.41. The minimum absolute atomic E-state index is 0.0617. The van der Waals surface area contributed by atoms with E-state index in [9.17, 15) is 4.79 Å². The van der Waals surface area contributed by atoms with E-state index in [4.69, 9.17) is 13.9 Å². The SMILES string of the molecule is Cc1cc2cc3c(cc2nc1SCC(=O)NCc1ccco1)OCO3. The maximum absolute atomic E-state index is 12.0. The van der Waals surface area contributed by atoms with Crippen LogP contribution in [0.4, 0.5) is 0 Å². The third-order valence-corrected chi connectivity index (χ3v) is 4.93. The van der Waals surface area contributed by atoms with Gasteiger partial charge in [-0.2, -0.15) is 0 Å². The molecule has 7 heteroatoms. The van der Waals surface area contributed by atoms with Crippen molar-refractivity contribution in [2.75, 3.05) is 12.5 Å². The van der Waals surface area contributed by atoms with Crippen molar-refractivity contribution < 1.29 is 18.7 Å². The predicted molar refractivity (Wildman–Crippen MR) is 93.9 cm³/mol. The number of carbonyl (C=O) groups excluding carboxylic acids is 1. The van der Waals surface area contributed by atoms with Crippen LogP contribution in [0, 0.1) is 6.92 Å². The van der Waals surface area contributed by atoms with Crippen LogP contribution in [0.2, 0.25) is 0 Å². The van der Waals surface area contributed by atoms with Gasteiger partial charge in [-0.15, -0.1) is 0 Å². The van der Waals surface area contributed by atoms with Crippen molar-refractivity contribution >= 4 is 28.6 Å². The molecule has 0 atom stereocenters. The van der Waals surface area contributed by atoms with Gasteiger partial charge >= 0.3 is 0 Å². The maximum atomic E-state index is 12.0. The van der Waals surface area contributed by atoms with E-state index in [-0.39, 0.29) is 12.7 Å². The number of furan rings is 1. The van der Waals surface area contributed by atoms with E-state index >= 15 is 0 Å². The summed E-state index contributed by atoms with van der Waals surface area (Å²) >= 11 is 1.41. The number of thioether (sulfide) groups is 1. The Morgan fingerprint density at radius 3 is 2.92 bits per heavy atom. The quantitative estimate of drug-likeness (QED) is 0.707.